The number of carbonyl (C=O) groups excluding carboxylic acids is 2. The molecule has 1 aromatic carbocycles. The molecule has 11 nitrogen and oxygen atoms in total. The highest BCUT2D eigenvalue weighted by Gasteiger charge is 2.30. The Balaban J connectivity index is 2.44. The first-order chi connectivity index (χ1) is 17.1. The fraction of sp³-hybridized carbons (Fsp3) is 0.375. The normalized spacial score (nSPS) is 11.6. The molecule has 0 aliphatic rings. The average molecular weight is 523 g/mol. The quantitative estimate of drug-likeness (QED) is 0.262. The van der Waals surface area contributed by atoms with Crippen LogP contribution in [0.5, 0.6) is 0 Å². The second-order valence-corrected chi connectivity index (χ2v) is 7.86. The minimum absolute atomic E-state index is 0.0156. The van der Waals surface area contributed by atoms with E-state index in [4.69, 9.17) is 36.0 Å². The van der Waals surface area contributed by atoms with Gasteiger partial charge in [-0.25, -0.2) is 9.59 Å². The fourth-order valence-electron chi connectivity index (χ4n) is 3.47. The van der Waals surface area contributed by atoms with Crippen molar-refractivity contribution >= 4 is 35.5 Å². The van der Waals surface area contributed by atoms with E-state index in [0.717, 1.165) is 0 Å². The van der Waals surface area contributed by atoms with Crippen LogP contribution in [0.25, 0.3) is 11.1 Å². The first-order valence-electron chi connectivity index (χ1n) is 10.9. The van der Waals surface area contributed by atoms with Gasteiger partial charge in [-0.15, -0.1) is 0 Å². The van der Waals surface area contributed by atoms with Gasteiger partial charge in [0.2, 0.25) is 0 Å². The van der Waals surface area contributed by atoms with Crippen molar-refractivity contribution in [2.24, 2.45) is 0 Å². The predicted octanol–water partition coefficient (Wildman–Crippen LogP) is 2.71. The third-order valence-corrected chi connectivity index (χ3v) is 5.35. The van der Waals surface area contributed by atoms with Gasteiger partial charge < -0.3 is 29.7 Å². The van der Waals surface area contributed by atoms with Gasteiger partial charge in [0.1, 0.15) is 6.04 Å². The molecule has 0 unspecified atom stereocenters. The summed E-state index contributed by atoms with van der Waals surface area (Å²) in [4.78, 5) is 52.1. The Morgan fingerprint density at radius 3 is 2.39 bits per heavy atom. The highest BCUT2D eigenvalue weighted by molar-refractivity contribution is 6.34. The van der Waals surface area contributed by atoms with Crippen molar-refractivity contribution < 1.29 is 43.6 Å². The molecule has 0 fully saturated rings. The van der Waals surface area contributed by atoms with E-state index in [1.807, 2.05) is 0 Å². The number of carbonyl (C=O) groups is 4. The number of carboxylic acids is 2. The number of halogens is 1. The van der Waals surface area contributed by atoms with E-state index < -0.39 is 36.3 Å². The lowest BCUT2D eigenvalue weighted by Gasteiger charge is -2.19. The molecule has 12 heteroatoms. The summed E-state index contributed by atoms with van der Waals surface area (Å²) in [6.07, 6.45) is -0.598. The maximum Gasteiger partial charge on any atom is 0.340 e. The van der Waals surface area contributed by atoms with Gasteiger partial charge in [0.15, 0.2) is 0 Å². The van der Waals surface area contributed by atoms with E-state index in [0.29, 0.717) is 5.56 Å². The lowest BCUT2D eigenvalue weighted by atomic mass is 9.92. The summed E-state index contributed by atoms with van der Waals surface area (Å²) in [6, 6.07) is 5.38. The zero-order valence-electron chi connectivity index (χ0n) is 20.0. The zero-order valence-corrected chi connectivity index (χ0v) is 20.8. The molecule has 2 rings (SSSR count). The number of ether oxygens (including phenoxy) is 3. The van der Waals surface area contributed by atoms with Crippen LogP contribution in [-0.4, -0.2) is 72.0 Å². The Morgan fingerprint density at radius 2 is 1.81 bits per heavy atom. The largest absolute Gasteiger partial charge is 0.481 e. The zero-order chi connectivity index (χ0) is 26.8. The van der Waals surface area contributed by atoms with E-state index >= 15 is 0 Å². The highest BCUT2D eigenvalue weighted by Crippen LogP contribution is 2.36. The number of hydrogen-bond donors (Lipinski definition) is 3. The lowest BCUT2D eigenvalue weighted by Crippen LogP contribution is -2.40. The summed E-state index contributed by atoms with van der Waals surface area (Å²) >= 11 is 6.42. The standard InChI is InChI=1S/C24H27ClN2O9/c1-4-36-24(33)21-17(12-35-10-9-26-16(22(30)31)11-18(28)29)27-13(2)19(23(32)34-3)20(21)14-7-5-6-8-15(14)25/h5-8,16,26H,4,9-12H2,1-3H3,(H,28,29)(H,30,31)/t16-/m0/s1. The maximum atomic E-state index is 13.1. The number of aliphatic carboxylic acids is 2. The van der Waals surface area contributed by atoms with Crippen LogP contribution in [0.3, 0.4) is 0 Å². The van der Waals surface area contributed by atoms with E-state index in [-0.39, 0.29) is 59.5 Å². The highest BCUT2D eigenvalue weighted by atomic mass is 35.5. The van der Waals surface area contributed by atoms with E-state index in [1.54, 1.807) is 38.1 Å². The van der Waals surface area contributed by atoms with Crippen molar-refractivity contribution in [2.75, 3.05) is 26.9 Å². The van der Waals surface area contributed by atoms with Crippen molar-refractivity contribution in [1.29, 1.82) is 0 Å². The number of esters is 2. The number of aromatic nitrogens is 1. The summed E-state index contributed by atoms with van der Waals surface area (Å²) in [5, 5.41) is 20.8. The Kier molecular flexibility index (Phi) is 10.8. The fourth-order valence-corrected chi connectivity index (χ4v) is 3.70. The van der Waals surface area contributed by atoms with Crippen molar-refractivity contribution in [1.82, 2.24) is 10.3 Å². The molecule has 0 amide bonds. The Morgan fingerprint density at radius 1 is 1.11 bits per heavy atom. The molecule has 0 saturated heterocycles. The number of carboxylic acid groups (broad SMARTS) is 2. The number of benzene rings is 1. The van der Waals surface area contributed by atoms with Gasteiger partial charge >= 0.3 is 23.9 Å². The summed E-state index contributed by atoms with van der Waals surface area (Å²) < 4.78 is 15.8. The molecule has 0 spiro atoms. The molecular formula is C24H27ClN2O9. The number of nitrogens with zero attached hydrogens (tertiary/aromatic N) is 1. The van der Waals surface area contributed by atoms with Crippen molar-refractivity contribution in [3.8, 4) is 11.1 Å². The van der Waals surface area contributed by atoms with E-state index in [1.165, 1.54) is 7.11 Å². The van der Waals surface area contributed by atoms with Gasteiger partial charge in [0, 0.05) is 22.7 Å². The van der Waals surface area contributed by atoms with Gasteiger partial charge in [0.25, 0.3) is 0 Å². The van der Waals surface area contributed by atoms with Gasteiger partial charge in [-0.2, -0.15) is 0 Å². The minimum atomic E-state index is -1.30. The molecule has 0 saturated carbocycles. The summed E-state index contributed by atoms with van der Waals surface area (Å²) in [5.41, 5.74) is 1.08. The molecule has 1 aromatic heterocycles. The average Bonchev–Trinajstić information content (AvgIpc) is 2.82. The molecule has 0 bridgehead atoms. The van der Waals surface area contributed by atoms with Crippen LogP contribution in [0.4, 0.5) is 0 Å². The topological polar surface area (TPSA) is 161 Å². The van der Waals surface area contributed by atoms with Crippen LogP contribution in [-0.2, 0) is 30.4 Å². The van der Waals surface area contributed by atoms with E-state index in [2.05, 4.69) is 10.3 Å². The van der Waals surface area contributed by atoms with Crippen LogP contribution < -0.4 is 5.32 Å². The summed E-state index contributed by atoms with van der Waals surface area (Å²) in [7, 11) is 1.21. The molecule has 1 atom stereocenters. The molecule has 0 radical (unpaired) electrons. The number of pyridine rings is 1. The maximum absolute atomic E-state index is 13.1. The number of aryl methyl sites for hydroxylation is 1. The van der Waals surface area contributed by atoms with Crippen molar-refractivity contribution in [3.63, 3.8) is 0 Å². The predicted molar refractivity (Wildman–Crippen MR) is 128 cm³/mol. The number of hydrogen-bond acceptors (Lipinski definition) is 9. The van der Waals surface area contributed by atoms with Crippen LogP contribution in [0.15, 0.2) is 24.3 Å². The molecule has 194 valence electrons. The van der Waals surface area contributed by atoms with E-state index in [9.17, 15) is 19.2 Å². The first kappa shape index (κ1) is 28.7. The second kappa shape index (κ2) is 13.5. The Labute approximate surface area is 212 Å². The second-order valence-electron chi connectivity index (χ2n) is 7.46. The third-order valence-electron chi connectivity index (χ3n) is 5.02. The Hall–Kier alpha value is -3.54. The molecule has 1 heterocycles. The molecule has 0 aliphatic carbocycles. The summed E-state index contributed by atoms with van der Waals surface area (Å²) in [6.45, 7) is 3.09. The van der Waals surface area contributed by atoms with Gasteiger partial charge in [-0.3, -0.25) is 14.6 Å². The number of rotatable bonds is 13. The Bertz CT molecular complexity index is 1140. The lowest BCUT2D eigenvalue weighted by molar-refractivity contribution is -0.146. The monoisotopic (exact) mass is 522 g/mol. The van der Waals surface area contributed by atoms with Crippen LogP contribution in [0.1, 0.15) is 45.4 Å². The molecule has 3 N–H and O–H groups in total. The van der Waals surface area contributed by atoms with Crippen LogP contribution in [0.2, 0.25) is 5.02 Å². The first-order valence-corrected chi connectivity index (χ1v) is 11.3. The van der Waals surface area contributed by atoms with Gasteiger partial charge in [-0.05, 0) is 19.9 Å². The van der Waals surface area contributed by atoms with Gasteiger partial charge in [0.05, 0.1) is 55.9 Å². The summed E-state index contributed by atoms with van der Waals surface area (Å²) in [5.74, 6) is -4.01. The molecular weight excluding hydrogens is 496 g/mol. The van der Waals surface area contributed by atoms with Crippen LogP contribution >= 0.6 is 11.6 Å². The van der Waals surface area contributed by atoms with Gasteiger partial charge in [-0.1, -0.05) is 29.8 Å². The van der Waals surface area contributed by atoms with Crippen molar-refractivity contribution in [3.05, 3.63) is 51.8 Å². The SMILES string of the molecule is CCOC(=O)c1c(COCCN[C@@H](CC(=O)O)C(=O)O)nc(C)c(C(=O)OC)c1-c1ccccc1Cl. The molecule has 0 aliphatic heterocycles. The number of methoxy groups -OCH3 is 1. The number of nitrogens with one attached hydrogen (secondary N) is 1. The van der Waals surface area contributed by atoms with Crippen LogP contribution in [0, 0.1) is 6.92 Å². The molecule has 36 heavy (non-hydrogen) atoms. The molecule has 2 aromatic rings. The minimum Gasteiger partial charge on any atom is -0.481 e. The van der Waals surface area contributed by atoms with Crippen molar-refractivity contribution in [2.45, 2.75) is 32.9 Å². The smallest absolute Gasteiger partial charge is 0.340 e. The third kappa shape index (κ3) is 7.23.